The fraction of sp³-hybridized carbons (Fsp3) is 0.667. The number of nitrogens with one attached hydrogen (secondary N) is 2. The van der Waals surface area contributed by atoms with E-state index in [1.165, 1.54) is 0 Å². The maximum Gasteiger partial charge on any atom is 0.273 e. The van der Waals surface area contributed by atoms with Crippen molar-refractivity contribution in [2.45, 2.75) is 25.9 Å². The maximum absolute atomic E-state index is 11.8. The van der Waals surface area contributed by atoms with Gasteiger partial charge in [-0.25, -0.2) is 0 Å². The molecule has 1 fully saturated rings. The zero-order valence-electron chi connectivity index (χ0n) is 10.7. The molecule has 0 bridgehead atoms. The number of ether oxygens (including phenoxy) is 1. The number of rotatable bonds is 4. The minimum atomic E-state index is -0.222. The Kier molecular flexibility index (Phi) is 4.33. The zero-order chi connectivity index (χ0) is 13.0. The highest BCUT2D eigenvalue weighted by molar-refractivity contribution is 5.92. The van der Waals surface area contributed by atoms with Crippen molar-refractivity contribution in [3.05, 3.63) is 17.5 Å². The molecule has 0 aromatic carbocycles. The van der Waals surface area contributed by atoms with E-state index in [1.54, 1.807) is 6.07 Å². The number of carbonyl (C=O) groups excluding carboxylic acids is 1. The summed E-state index contributed by atoms with van der Waals surface area (Å²) in [5.41, 5.74) is 0.322. The van der Waals surface area contributed by atoms with Crippen LogP contribution in [0.5, 0.6) is 0 Å². The SMILES string of the molecule is CC(C)c1cc(C(=O)NCC2CNCCO2)no1. The van der Waals surface area contributed by atoms with Crippen molar-refractivity contribution in [1.29, 1.82) is 0 Å². The minimum Gasteiger partial charge on any atom is -0.374 e. The molecule has 18 heavy (non-hydrogen) atoms. The summed E-state index contributed by atoms with van der Waals surface area (Å²) in [5, 5.41) is 9.76. The Morgan fingerprint density at radius 2 is 2.50 bits per heavy atom. The molecule has 1 aromatic rings. The molecule has 6 heteroatoms. The summed E-state index contributed by atoms with van der Waals surface area (Å²) in [6.45, 7) is 6.77. The van der Waals surface area contributed by atoms with Crippen LogP contribution in [0.3, 0.4) is 0 Å². The number of amides is 1. The molecule has 0 aliphatic carbocycles. The first kappa shape index (κ1) is 13.0. The normalized spacial score (nSPS) is 20.1. The first-order chi connectivity index (χ1) is 8.66. The van der Waals surface area contributed by atoms with Crippen LogP contribution in [-0.4, -0.2) is 43.4 Å². The Bertz CT molecular complexity index is 397. The Balaban J connectivity index is 1.83. The average Bonchev–Trinajstić information content (AvgIpc) is 2.87. The standard InChI is InChI=1S/C12H19N3O3/c1-8(2)11-5-10(15-18-11)12(16)14-7-9-6-13-3-4-17-9/h5,8-9,13H,3-4,6-7H2,1-2H3,(H,14,16). The quantitative estimate of drug-likeness (QED) is 0.818. The smallest absolute Gasteiger partial charge is 0.273 e. The second kappa shape index (κ2) is 5.97. The highest BCUT2D eigenvalue weighted by atomic mass is 16.5. The van der Waals surface area contributed by atoms with Crippen LogP contribution in [0.4, 0.5) is 0 Å². The molecule has 2 N–H and O–H groups in total. The van der Waals surface area contributed by atoms with E-state index in [1.807, 2.05) is 13.8 Å². The van der Waals surface area contributed by atoms with Crippen LogP contribution < -0.4 is 10.6 Å². The van der Waals surface area contributed by atoms with Crippen molar-refractivity contribution < 1.29 is 14.1 Å². The van der Waals surface area contributed by atoms with E-state index in [-0.39, 0.29) is 17.9 Å². The molecule has 100 valence electrons. The number of aromatic nitrogens is 1. The van der Waals surface area contributed by atoms with Gasteiger partial charge in [0.05, 0.1) is 12.7 Å². The van der Waals surface area contributed by atoms with Gasteiger partial charge in [0, 0.05) is 31.6 Å². The van der Waals surface area contributed by atoms with Crippen LogP contribution in [0.2, 0.25) is 0 Å². The third-order valence-corrected chi connectivity index (χ3v) is 2.82. The third-order valence-electron chi connectivity index (χ3n) is 2.82. The molecule has 1 amide bonds. The van der Waals surface area contributed by atoms with E-state index in [0.717, 1.165) is 18.8 Å². The summed E-state index contributed by atoms with van der Waals surface area (Å²) in [6.07, 6.45) is 0.0270. The maximum atomic E-state index is 11.8. The van der Waals surface area contributed by atoms with Gasteiger partial charge in [-0.3, -0.25) is 4.79 Å². The van der Waals surface area contributed by atoms with Crippen molar-refractivity contribution in [3.8, 4) is 0 Å². The van der Waals surface area contributed by atoms with Crippen molar-refractivity contribution in [2.75, 3.05) is 26.2 Å². The van der Waals surface area contributed by atoms with Crippen LogP contribution in [0.1, 0.15) is 36.0 Å². The Hall–Kier alpha value is -1.40. The van der Waals surface area contributed by atoms with Crippen LogP contribution in [0, 0.1) is 0 Å². The van der Waals surface area contributed by atoms with Crippen molar-refractivity contribution in [1.82, 2.24) is 15.8 Å². The van der Waals surface area contributed by atoms with Crippen LogP contribution in [0.15, 0.2) is 10.6 Å². The predicted molar refractivity (Wildman–Crippen MR) is 65.5 cm³/mol. The molecule has 0 saturated carbocycles. The predicted octanol–water partition coefficient (Wildman–Crippen LogP) is 0.516. The molecule has 1 aromatic heterocycles. The van der Waals surface area contributed by atoms with E-state index in [9.17, 15) is 4.79 Å². The van der Waals surface area contributed by atoms with Gasteiger partial charge >= 0.3 is 0 Å². The van der Waals surface area contributed by atoms with Gasteiger partial charge in [-0.05, 0) is 0 Å². The van der Waals surface area contributed by atoms with E-state index in [4.69, 9.17) is 9.26 Å². The van der Waals surface area contributed by atoms with E-state index >= 15 is 0 Å². The lowest BCUT2D eigenvalue weighted by atomic mass is 10.1. The largest absolute Gasteiger partial charge is 0.374 e. The lowest BCUT2D eigenvalue weighted by molar-refractivity contribution is 0.0286. The highest BCUT2D eigenvalue weighted by Gasteiger charge is 2.17. The second-order valence-electron chi connectivity index (χ2n) is 4.68. The molecule has 6 nitrogen and oxygen atoms in total. The molecule has 1 aliphatic rings. The Labute approximate surface area is 106 Å². The van der Waals surface area contributed by atoms with Gasteiger partial charge in [-0.15, -0.1) is 0 Å². The van der Waals surface area contributed by atoms with Gasteiger partial charge in [0.2, 0.25) is 0 Å². The number of morpholine rings is 1. The van der Waals surface area contributed by atoms with E-state index in [2.05, 4.69) is 15.8 Å². The van der Waals surface area contributed by atoms with E-state index < -0.39 is 0 Å². The lowest BCUT2D eigenvalue weighted by Gasteiger charge is -2.23. The molecule has 2 heterocycles. The van der Waals surface area contributed by atoms with Gasteiger partial charge in [0.25, 0.3) is 5.91 Å². The topological polar surface area (TPSA) is 76.4 Å². The van der Waals surface area contributed by atoms with Crippen LogP contribution in [-0.2, 0) is 4.74 Å². The molecule has 0 spiro atoms. The summed E-state index contributed by atoms with van der Waals surface area (Å²) >= 11 is 0. The molecule has 0 radical (unpaired) electrons. The summed E-state index contributed by atoms with van der Waals surface area (Å²) in [7, 11) is 0. The van der Waals surface area contributed by atoms with E-state index in [0.29, 0.717) is 18.8 Å². The highest BCUT2D eigenvalue weighted by Crippen LogP contribution is 2.14. The van der Waals surface area contributed by atoms with Crippen LogP contribution in [0.25, 0.3) is 0 Å². The number of hydrogen-bond acceptors (Lipinski definition) is 5. The summed E-state index contributed by atoms with van der Waals surface area (Å²) < 4.78 is 10.6. The molecular weight excluding hydrogens is 234 g/mol. The number of nitrogens with zero attached hydrogens (tertiary/aromatic N) is 1. The molecular formula is C12H19N3O3. The first-order valence-electron chi connectivity index (χ1n) is 6.24. The molecule has 1 saturated heterocycles. The lowest BCUT2D eigenvalue weighted by Crippen LogP contribution is -2.45. The van der Waals surface area contributed by atoms with Crippen molar-refractivity contribution in [3.63, 3.8) is 0 Å². The van der Waals surface area contributed by atoms with Crippen molar-refractivity contribution in [2.24, 2.45) is 0 Å². The van der Waals surface area contributed by atoms with Gasteiger partial charge in [-0.1, -0.05) is 19.0 Å². The average molecular weight is 253 g/mol. The van der Waals surface area contributed by atoms with Gasteiger partial charge in [-0.2, -0.15) is 0 Å². The van der Waals surface area contributed by atoms with Gasteiger partial charge < -0.3 is 19.9 Å². The van der Waals surface area contributed by atoms with Gasteiger partial charge in [0.15, 0.2) is 5.69 Å². The summed E-state index contributed by atoms with van der Waals surface area (Å²) in [6, 6.07) is 1.68. The fourth-order valence-corrected chi connectivity index (χ4v) is 1.72. The number of carbonyl (C=O) groups is 1. The summed E-state index contributed by atoms with van der Waals surface area (Å²) in [4.78, 5) is 11.8. The fourth-order valence-electron chi connectivity index (χ4n) is 1.72. The molecule has 1 unspecified atom stereocenters. The van der Waals surface area contributed by atoms with Gasteiger partial charge in [0.1, 0.15) is 5.76 Å². The molecule has 1 atom stereocenters. The monoisotopic (exact) mass is 253 g/mol. The minimum absolute atomic E-state index is 0.0270. The molecule has 1 aliphatic heterocycles. The van der Waals surface area contributed by atoms with Crippen LogP contribution >= 0.6 is 0 Å². The zero-order valence-corrected chi connectivity index (χ0v) is 10.7. The summed E-state index contributed by atoms with van der Waals surface area (Å²) in [5.74, 6) is 0.723. The number of hydrogen-bond donors (Lipinski definition) is 2. The Morgan fingerprint density at radius 3 is 3.11 bits per heavy atom. The van der Waals surface area contributed by atoms with Crippen molar-refractivity contribution >= 4 is 5.91 Å². The first-order valence-corrected chi connectivity index (χ1v) is 6.24. The Morgan fingerprint density at radius 1 is 1.67 bits per heavy atom. The molecule has 2 rings (SSSR count). The second-order valence-corrected chi connectivity index (χ2v) is 4.68. The third kappa shape index (κ3) is 3.30.